The van der Waals surface area contributed by atoms with E-state index in [0.29, 0.717) is 28.7 Å². The molecule has 320 valence electrons. The van der Waals surface area contributed by atoms with Crippen LogP contribution in [0.5, 0.6) is 11.5 Å². The molecule has 9 rings (SSSR count). The first kappa shape index (κ1) is 40.9. The van der Waals surface area contributed by atoms with Crippen molar-refractivity contribution in [2.75, 3.05) is 0 Å². The third kappa shape index (κ3) is 9.19. The van der Waals surface area contributed by atoms with Gasteiger partial charge in [0, 0.05) is 47.5 Å². The first-order valence-corrected chi connectivity index (χ1v) is 21.2. The predicted molar refractivity (Wildman–Crippen MR) is 252 cm³/mol. The quantitative estimate of drug-likeness (QED) is 0.113. The summed E-state index contributed by atoms with van der Waals surface area (Å²) >= 11 is 0. The van der Waals surface area contributed by atoms with Crippen molar-refractivity contribution < 1.29 is 33.1 Å². The average Bonchev–Trinajstić information content (AvgIpc) is 3.86. The number of ether oxygens (including phenoxy) is 1. The maximum Gasteiger partial charge on any atom is 0.269 e. The van der Waals surface area contributed by atoms with Gasteiger partial charge in [-0.2, -0.15) is 18.2 Å². The first-order chi connectivity index (χ1) is 30.3. The van der Waals surface area contributed by atoms with Crippen LogP contribution in [0.1, 0.15) is 81.7 Å². The predicted octanol–water partition coefficient (Wildman–Crippen LogP) is 13.3. The Hall–Kier alpha value is -6.10. The van der Waals surface area contributed by atoms with Gasteiger partial charge in [-0.25, -0.2) is 4.98 Å². The van der Waals surface area contributed by atoms with E-state index in [4.69, 9.17) is 17.4 Å². The average molecular weight is 1010 g/mol. The molecule has 0 amide bonds. The van der Waals surface area contributed by atoms with Crippen LogP contribution in [0.15, 0.2) is 146 Å². The molecule has 0 aliphatic carbocycles. The molecule has 0 radical (unpaired) electrons. The first-order valence-electron chi connectivity index (χ1n) is 22.2. The summed E-state index contributed by atoms with van der Waals surface area (Å²) in [6.45, 7) is 19.3. The number of rotatable bonds is 8. The molecule has 0 aliphatic heterocycles. The number of imidazole rings is 1. The van der Waals surface area contributed by atoms with Gasteiger partial charge in [0.1, 0.15) is 5.82 Å². The van der Waals surface area contributed by atoms with Crippen molar-refractivity contribution in [2.45, 2.75) is 79.5 Å². The summed E-state index contributed by atoms with van der Waals surface area (Å²) in [5, 5.41) is 1.99. The Morgan fingerprint density at radius 3 is 1.95 bits per heavy atom. The van der Waals surface area contributed by atoms with Gasteiger partial charge in [0.25, 0.3) is 6.33 Å². The molecule has 0 saturated carbocycles. The molecule has 0 unspecified atom stereocenters. The van der Waals surface area contributed by atoms with Crippen LogP contribution in [-0.4, -0.2) is 19.1 Å². The summed E-state index contributed by atoms with van der Waals surface area (Å²) in [4.78, 5) is 9.56. The van der Waals surface area contributed by atoms with E-state index in [1.54, 1.807) is 24.5 Å². The Balaban J connectivity index is 0.00000576. The number of hydrogen-bond acceptors (Lipinski definition) is 3. The summed E-state index contributed by atoms with van der Waals surface area (Å²) in [7, 11) is 0. The summed E-state index contributed by atoms with van der Waals surface area (Å²) in [6.07, 6.45) is 7.45. The van der Waals surface area contributed by atoms with Crippen molar-refractivity contribution in [1.29, 1.82) is 0 Å². The SMILES string of the molecule is [2H]C([2H])(c1ccnc(-n2c3[c-]c(Oc4[c-]c(-n5[c-][n+](-c6cc(C(C)(C)C)cc(C(C)(C)C)c6)c(-c6ccccc6)c5)ncc4)ccc3c3cc(-c4ccccc4)ccc32)c1)C(C)(C)C.[Pt]. The van der Waals surface area contributed by atoms with E-state index < -0.39 is 11.8 Å². The maximum absolute atomic E-state index is 9.08. The molecule has 6 nitrogen and oxygen atoms in total. The normalized spacial score (nSPS) is 12.8. The fourth-order valence-electron chi connectivity index (χ4n) is 7.84. The molecular formula is C56H53N5OPt-2. The van der Waals surface area contributed by atoms with Crippen LogP contribution in [0.2, 0.25) is 0 Å². The Morgan fingerprint density at radius 1 is 0.635 bits per heavy atom. The van der Waals surface area contributed by atoms with E-state index in [1.807, 2.05) is 80.1 Å². The smallest absolute Gasteiger partial charge is 0.269 e. The monoisotopic (exact) mass is 1010 g/mol. The second-order valence-electron chi connectivity index (χ2n) is 19.1. The van der Waals surface area contributed by atoms with E-state index in [2.05, 4.69) is 136 Å². The van der Waals surface area contributed by atoms with Crippen molar-refractivity contribution in [3.05, 3.63) is 181 Å². The number of benzene rings is 5. The second kappa shape index (κ2) is 16.9. The van der Waals surface area contributed by atoms with Gasteiger partial charge < -0.3 is 9.30 Å². The molecule has 4 heterocycles. The van der Waals surface area contributed by atoms with Crippen molar-refractivity contribution in [2.24, 2.45) is 5.41 Å². The van der Waals surface area contributed by atoms with E-state index in [1.165, 1.54) is 11.1 Å². The van der Waals surface area contributed by atoms with Crippen LogP contribution in [0, 0.1) is 23.9 Å². The summed E-state index contributed by atoms with van der Waals surface area (Å²) in [6, 6.07) is 50.3. The molecule has 5 aromatic carbocycles. The van der Waals surface area contributed by atoms with Gasteiger partial charge in [0.05, 0.1) is 17.2 Å². The van der Waals surface area contributed by atoms with Crippen molar-refractivity contribution >= 4 is 21.8 Å². The van der Waals surface area contributed by atoms with Crippen LogP contribution >= 0.6 is 0 Å². The zero-order valence-corrected chi connectivity index (χ0v) is 39.6. The van der Waals surface area contributed by atoms with E-state index in [-0.39, 0.29) is 31.9 Å². The molecule has 0 aliphatic rings. The van der Waals surface area contributed by atoms with Crippen LogP contribution < -0.4 is 9.30 Å². The number of pyridine rings is 2. The molecule has 4 aromatic heterocycles. The minimum atomic E-state index is -1.61. The number of nitrogens with zero attached hydrogens (tertiary/aromatic N) is 5. The zero-order valence-electron chi connectivity index (χ0n) is 39.3. The largest absolute Gasteiger partial charge is 0.522 e. The molecule has 0 saturated heterocycles. The summed E-state index contributed by atoms with van der Waals surface area (Å²) in [5.74, 6) is 2.07. The van der Waals surface area contributed by atoms with Crippen LogP contribution in [0.25, 0.3) is 61.5 Å². The van der Waals surface area contributed by atoms with Gasteiger partial charge in [0.2, 0.25) is 0 Å². The van der Waals surface area contributed by atoms with Gasteiger partial charge in [-0.15, -0.1) is 17.5 Å². The number of fused-ring (bicyclic) bond motifs is 3. The molecule has 0 fully saturated rings. The molecular weight excluding hydrogens is 954 g/mol. The van der Waals surface area contributed by atoms with E-state index in [9.17, 15) is 0 Å². The molecule has 0 bridgehead atoms. The molecule has 0 atom stereocenters. The van der Waals surface area contributed by atoms with Crippen LogP contribution in [0.3, 0.4) is 0 Å². The van der Waals surface area contributed by atoms with E-state index >= 15 is 0 Å². The standard InChI is InChI=1S/C56H53N5O.Pt/c1-54(2,3)35-38-24-26-58-53(28-38)61-49-23-20-41(39-16-12-10-13-17-39)29-48(49)47-22-21-45(33-50(47)61)62-46-25-27-57-52(34-46)59-36-51(40-18-14-11-15-19-40)60(37-59)44-31-42(55(4,5)6)30-43(32-44)56(7,8)9;/h10-32,36H,35H2,1-9H3;/q-2;/i35D2;. The van der Waals surface area contributed by atoms with Gasteiger partial charge in [0.15, 0.2) is 0 Å². The van der Waals surface area contributed by atoms with E-state index in [0.717, 1.165) is 49.9 Å². The Labute approximate surface area is 389 Å². The molecule has 0 spiro atoms. The third-order valence-electron chi connectivity index (χ3n) is 11.0. The number of aromatic nitrogens is 5. The van der Waals surface area contributed by atoms with Crippen LogP contribution in [-0.2, 0) is 38.3 Å². The molecule has 9 aromatic rings. The Kier molecular flexibility index (Phi) is 11.0. The fraction of sp³-hybridized carbons (Fsp3) is 0.232. The van der Waals surface area contributed by atoms with Gasteiger partial charge >= 0.3 is 0 Å². The minimum absolute atomic E-state index is 0. The molecule has 0 N–H and O–H groups in total. The van der Waals surface area contributed by atoms with Crippen molar-refractivity contribution in [3.8, 4) is 51.2 Å². The Morgan fingerprint density at radius 2 is 1.29 bits per heavy atom. The van der Waals surface area contributed by atoms with Crippen molar-refractivity contribution in [1.82, 2.24) is 19.1 Å². The summed E-state index contributed by atoms with van der Waals surface area (Å²) < 4.78 is 30.8. The third-order valence-corrected chi connectivity index (χ3v) is 11.0. The minimum Gasteiger partial charge on any atom is -0.522 e. The topological polar surface area (TPSA) is 48.8 Å². The maximum atomic E-state index is 9.08. The summed E-state index contributed by atoms with van der Waals surface area (Å²) in [5.41, 5.74) is 9.22. The Bertz CT molecular complexity index is 3140. The van der Waals surface area contributed by atoms with Gasteiger partial charge in [-0.1, -0.05) is 153 Å². The second-order valence-corrected chi connectivity index (χ2v) is 19.1. The van der Waals surface area contributed by atoms with Crippen LogP contribution in [0.4, 0.5) is 0 Å². The fourth-order valence-corrected chi connectivity index (χ4v) is 7.84. The van der Waals surface area contributed by atoms with Crippen molar-refractivity contribution in [3.63, 3.8) is 0 Å². The van der Waals surface area contributed by atoms with Gasteiger partial charge in [-0.3, -0.25) is 14.1 Å². The van der Waals surface area contributed by atoms with Gasteiger partial charge in [-0.05, 0) is 97.5 Å². The number of hydrogen-bond donors (Lipinski definition) is 0. The molecule has 7 heteroatoms. The molecule has 63 heavy (non-hydrogen) atoms. The zero-order chi connectivity index (χ0) is 45.2.